The van der Waals surface area contributed by atoms with Gasteiger partial charge in [-0.15, -0.1) is 0 Å². The molecular weight excluding hydrogens is 380 g/mol. The number of hydrogen-bond donors (Lipinski definition) is 1. The highest BCUT2D eigenvalue weighted by Gasteiger charge is 2.17. The second kappa shape index (κ2) is 8.31. The molecule has 0 atom stereocenters. The summed E-state index contributed by atoms with van der Waals surface area (Å²) in [5, 5.41) is 4.98. The predicted molar refractivity (Wildman–Crippen MR) is 108 cm³/mol. The van der Waals surface area contributed by atoms with E-state index in [0.717, 1.165) is 22.4 Å². The van der Waals surface area contributed by atoms with E-state index in [1.165, 1.54) is 11.8 Å². The van der Waals surface area contributed by atoms with E-state index in [9.17, 15) is 9.59 Å². The van der Waals surface area contributed by atoms with E-state index >= 15 is 0 Å². The van der Waals surface area contributed by atoms with E-state index in [2.05, 4.69) is 15.3 Å². The van der Waals surface area contributed by atoms with E-state index < -0.39 is 5.97 Å². The van der Waals surface area contributed by atoms with Crippen molar-refractivity contribution in [1.82, 2.24) is 14.5 Å². The van der Waals surface area contributed by atoms with Gasteiger partial charge in [-0.1, -0.05) is 41.9 Å². The minimum absolute atomic E-state index is 0.0768. The number of halogens is 1. The summed E-state index contributed by atoms with van der Waals surface area (Å²) in [5.74, 6) is -0.459. The molecule has 0 radical (unpaired) electrons. The van der Waals surface area contributed by atoms with Crippen LogP contribution in [0.25, 0.3) is 11.3 Å². The van der Waals surface area contributed by atoms with E-state index in [1.54, 1.807) is 30.9 Å². The first-order valence-corrected chi connectivity index (χ1v) is 9.08. The van der Waals surface area contributed by atoms with Gasteiger partial charge < -0.3 is 10.2 Å². The van der Waals surface area contributed by atoms with Crippen molar-refractivity contribution in [2.24, 2.45) is 7.05 Å². The third-order valence-corrected chi connectivity index (χ3v) is 4.99. The number of aromatic nitrogens is 3. The van der Waals surface area contributed by atoms with Gasteiger partial charge >= 0.3 is 5.97 Å². The van der Waals surface area contributed by atoms with Crippen molar-refractivity contribution in [3.05, 3.63) is 74.8 Å². The van der Waals surface area contributed by atoms with Crippen LogP contribution < -0.4 is 11.0 Å². The summed E-state index contributed by atoms with van der Waals surface area (Å²) in [5.41, 5.74) is 6.35. The van der Waals surface area contributed by atoms with E-state index in [0.29, 0.717) is 10.7 Å². The van der Waals surface area contributed by atoms with Gasteiger partial charge in [-0.05, 0) is 18.6 Å². The van der Waals surface area contributed by atoms with Crippen LogP contribution in [-0.4, -0.2) is 27.5 Å². The molecular formula is C20H21ClN4O3. The van der Waals surface area contributed by atoms with Crippen LogP contribution in [0.2, 0.25) is 5.15 Å². The molecule has 0 bridgehead atoms. The summed E-state index contributed by atoms with van der Waals surface area (Å²) in [4.78, 5) is 24.4. The molecule has 28 heavy (non-hydrogen) atoms. The van der Waals surface area contributed by atoms with Crippen LogP contribution in [-0.2, 0) is 29.5 Å². The Hall–Kier alpha value is -3.06. The molecule has 0 spiro atoms. The van der Waals surface area contributed by atoms with E-state index in [1.807, 2.05) is 30.3 Å². The van der Waals surface area contributed by atoms with E-state index in [-0.39, 0.29) is 18.5 Å². The molecule has 0 amide bonds. The van der Waals surface area contributed by atoms with Crippen LogP contribution >= 0.6 is 11.6 Å². The van der Waals surface area contributed by atoms with Crippen molar-refractivity contribution in [1.29, 1.82) is 0 Å². The number of esters is 1. The third-order valence-electron chi connectivity index (χ3n) is 4.52. The fourth-order valence-corrected chi connectivity index (χ4v) is 3.12. The summed E-state index contributed by atoms with van der Waals surface area (Å²) in [6, 6.07) is 11.5. The van der Waals surface area contributed by atoms with Gasteiger partial charge in [0.05, 0.1) is 25.8 Å². The SMILES string of the molecule is COC(=O)Cc1c(C)ccn(NCc2c(-c3ccccc3)nn(C)c2Cl)c1=O. The van der Waals surface area contributed by atoms with Crippen molar-refractivity contribution >= 4 is 17.6 Å². The van der Waals surface area contributed by atoms with Crippen LogP contribution in [0.4, 0.5) is 0 Å². The summed E-state index contributed by atoms with van der Waals surface area (Å²) in [7, 11) is 3.07. The van der Waals surface area contributed by atoms with Gasteiger partial charge in [0, 0.05) is 29.9 Å². The summed E-state index contributed by atoms with van der Waals surface area (Å²) in [6.45, 7) is 2.08. The first-order valence-electron chi connectivity index (χ1n) is 8.71. The number of carbonyl (C=O) groups is 1. The zero-order valence-electron chi connectivity index (χ0n) is 15.9. The smallest absolute Gasteiger partial charge is 0.310 e. The maximum Gasteiger partial charge on any atom is 0.310 e. The quantitative estimate of drug-likeness (QED) is 0.643. The minimum Gasteiger partial charge on any atom is -0.469 e. The van der Waals surface area contributed by atoms with Crippen molar-refractivity contribution in [3.63, 3.8) is 0 Å². The number of rotatable bonds is 6. The van der Waals surface area contributed by atoms with Crippen LogP contribution in [0, 0.1) is 6.92 Å². The highest BCUT2D eigenvalue weighted by Crippen LogP contribution is 2.28. The topological polar surface area (TPSA) is 78.2 Å². The molecule has 7 nitrogen and oxygen atoms in total. The molecule has 0 aliphatic heterocycles. The minimum atomic E-state index is -0.459. The monoisotopic (exact) mass is 400 g/mol. The molecule has 146 valence electrons. The fourth-order valence-electron chi connectivity index (χ4n) is 2.92. The molecule has 0 aliphatic rings. The number of ether oxygens (including phenoxy) is 1. The Labute approximate surface area is 167 Å². The Bertz CT molecular complexity index is 1060. The molecule has 3 aromatic rings. The lowest BCUT2D eigenvalue weighted by Crippen LogP contribution is -2.32. The Balaban J connectivity index is 1.91. The van der Waals surface area contributed by atoms with Crippen molar-refractivity contribution in [3.8, 4) is 11.3 Å². The van der Waals surface area contributed by atoms with Gasteiger partial charge in [0.1, 0.15) is 5.15 Å². The molecule has 0 saturated heterocycles. The Morgan fingerprint density at radius 1 is 1.21 bits per heavy atom. The number of aryl methyl sites for hydroxylation is 2. The molecule has 0 unspecified atom stereocenters. The number of carbonyl (C=O) groups excluding carboxylic acids is 1. The Morgan fingerprint density at radius 2 is 1.93 bits per heavy atom. The molecule has 0 fully saturated rings. The first kappa shape index (κ1) is 19.7. The zero-order chi connectivity index (χ0) is 20.3. The van der Waals surface area contributed by atoms with Gasteiger partial charge in [-0.3, -0.25) is 14.3 Å². The molecule has 3 rings (SSSR count). The number of benzene rings is 1. The average Bonchev–Trinajstić information content (AvgIpc) is 2.99. The number of methoxy groups -OCH3 is 1. The predicted octanol–water partition coefficient (Wildman–Crippen LogP) is 2.67. The summed E-state index contributed by atoms with van der Waals surface area (Å²) >= 11 is 6.43. The van der Waals surface area contributed by atoms with Crippen LogP contribution in [0.1, 0.15) is 16.7 Å². The second-order valence-electron chi connectivity index (χ2n) is 6.35. The molecule has 1 N–H and O–H groups in total. The fraction of sp³-hybridized carbons (Fsp3) is 0.250. The number of nitrogens with one attached hydrogen (secondary N) is 1. The summed E-state index contributed by atoms with van der Waals surface area (Å²) in [6.07, 6.45) is 1.55. The lowest BCUT2D eigenvalue weighted by atomic mass is 10.1. The standard InChI is InChI=1S/C20H21ClN4O3/c1-13-9-10-25(20(27)15(13)11-17(26)28-3)22-12-16-18(23-24(2)19(16)21)14-7-5-4-6-8-14/h4-10,22H,11-12H2,1-3H3. The zero-order valence-corrected chi connectivity index (χ0v) is 16.7. The highest BCUT2D eigenvalue weighted by atomic mass is 35.5. The number of hydrogen-bond acceptors (Lipinski definition) is 5. The van der Waals surface area contributed by atoms with Crippen LogP contribution in [0.3, 0.4) is 0 Å². The van der Waals surface area contributed by atoms with Crippen molar-refractivity contribution in [2.75, 3.05) is 12.5 Å². The average molecular weight is 401 g/mol. The van der Waals surface area contributed by atoms with Gasteiger partial charge in [-0.2, -0.15) is 5.10 Å². The number of pyridine rings is 1. The Morgan fingerprint density at radius 3 is 2.61 bits per heavy atom. The van der Waals surface area contributed by atoms with Crippen LogP contribution in [0.15, 0.2) is 47.4 Å². The largest absolute Gasteiger partial charge is 0.469 e. The number of nitrogens with zero attached hydrogens (tertiary/aromatic N) is 3. The molecule has 1 aromatic carbocycles. The first-order chi connectivity index (χ1) is 13.4. The van der Waals surface area contributed by atoms with Gasteiger partial charge in [0.15, 0.2) is 0 Å². The molecule has 0 aliphatic carbocycles. The molecule has 0 saturated carbocycles. The second-order valence-corrected chi connectivity index (χ2v) is 6.71. The van der Waals surface area contributed by atoms with Crippen molar-refractivity contribution < 1.29 is 9.53 Å². The lowest BCUT2D eigenvalue weighted by molar-refractivity contribution is -0.139. The molecule has 2 aromatic heterocycles. The molecule has 8 heteroatoms. The van der Waals surface area contributed by atoms with Gasteiger partial charge in [0.25, 0.3) is 5.56 Å². The maximum atomic E-state index is 12.7. The highest BCUT2D eigenvalue weighted by molar-refractivity contribution is 6.30. The summed E-state index contributed by atoms with van der Waals surface area (Å²) < 4.78 is 7.63. The lowest BCUT2D eigenvalue weighted by Gasteiger charge is -2.13. The van der Waals surface area contributed by atoms with Gasteiger partial charge in [-0.25, -0.2) is 4.68 Å². The van der Waals surface area contributed by atoms with Crippen molar-refractivity contribution in [2.45, 2.75) is 19.9 Å². The van der Waals surface area contributed by atoms with E-state index in [4.69, 9.17) is 11.6 Å². The molecule has 2 heterocycles. The van der Waals surface area contributed by atoms with Crippen LogP contribution in [0.5, 0.6) is 0 Å². The third kappa shape index (κ3) is 3.94. The Kier molecular flexibility index (Phi) is 5.84. The van der Waals surface area contributed by atoms with Gasteiger partial charge in [0.2, 0.25) is 0 Å². The normalized spacial score (nSPS) is 10.7. The maximum absolute atomic E-state index is 12.7.